The molecule has 0 atom stereocenters. The zero-order valence-electron chi connectivity index (χ0n) is 11.6. The summed E-state index contributed by atoms with van der Waals surface area (Å²) in [6.45, 7) is 4.10. The molecule has 0 fully saturated rings. The molecule has 1 aromatic rings. The van der Waals surface area contributed by atoms with Crippen molar-refractivity contribution in [3.63, 3.8) is 0 Å². The van der Waals surface area contributed by atoms with E-state index in [2.05, 4.69) is 6.07 Å². The van der Waals surface area contributed by atoms with Crippen LogP contribution in [-0.2, 0) is 15.1 Å². The molecular weight excluding hydrogens is 248 g/mol. The van der Waals surface area contributed by atoms with Crippen molar-refractivity contribution in [2.24, 2.45) is 0 Å². The van der Waals surface area contributed by atoms with Crippen LogP contribution in [0.1, 0.15) is 25.0 Å². The Morgan fingerprint density at radius 3 is 2.60 bits per heavy atom. The molecule has 0 unspecified atom stereocenters. The second-order valence-electron chi connectivity index (χ2n) is 5.39. The summed E-state index contributed by atoms with van der Waals surface area (Å²) in [5, 5.41) is 0. The molecule has 1 aliphatic heterocycles. The van der Waals surface area contributed by atoms with E-state index in [9.17, 15) is 4.79 Å². The molecule has 20 heavy (non-hydrogen) atoms. The van der Waals surface area contributed by atoms with Gasteiger partial charge in [-0.2, -0.15) is 0 Å². The minimum Gasteiger partial charge on any atom is -0.483 e. The summed E-state index contributed by atoms with van der Waals surface area (Å²) < 4.78 is 6.01. The first kappa shape index (κ1) is 12.7. The number of fused-ring (bicyclic) bond motifs is 1. The normalized spacial score (nSPS) is 23.2. The van der Waals surface area contributed by atoms with Gasteiger partial charge in [0.05, 0.1) is 0 Å². The number of hydrogen-bond donors (Lipinski definition) is 0. The molecule has 2 aliphatic rings. The van der Waals surface area contributed by atoms with Gasteiger partial charge in [0.2, 0.25) is 0 Å². The Kier molecular flexibility index (Phi) is 2.94. The topological polar surface area (TPSA) is 26.3 Å². The van der Waals surface area contributed by atoms with Gasteiger partial charge >= 0.3 is 0 Å². The van der Waals surface area contributed by atoms with Gasteiger partial charge in [0.25, 0.3) is 0 Å². The summed E-state index contributed by atoms with van der Waals surface area (Å²) in [5.74, 6) is 0.837. The lowest BCUT2D eigenvalue weighted by molar-refractivity contribution is -0.111. The maximum Gasteiger partial charge on any atom is 0.185 e. The highest BCUT2D eigenvalue weighted by Crippen LogP contribution is 2.42. The van der Waals surface area contributed by atoms with Crippen LogP contribution in [0.5, 0.6) is 0 Å². The fourth-order valence-electron chi connectivity index (χ4n) is 2.52. The Morgan fingerprint density at radius 1 is 1.05 bits per heavy atom. The third-order valence-corrected chi connectivity index (χ3v) is 3.54. The van der Waals surface area contributed by atoms with Crippen molar-refractivity contribution in [1.29, 1.82) is 0 Å². The molecule has 0 aromatic heterocycles. The highest BCUT2D eigenvalue weighted by atomic mass is 16.5. The van der Waals surface area contributed by atoms with Crippen molar-refractivity contribution in [1.82, 2.24) is 0 Å². The number of allylic oxidation sites excluding steroid dienone is 7. The fraction of sp³-hybridized carbons (Fsp3) is 0.167. The zero-order valence-corrected chi connectivity index (χ0v) is 11.6. The van der Waals surface area contributed by atoms with Gasteiger partial charge in [-0.1, -0.05) is 42.5 Å². The zero-order chi connectivity index (χ0) is 14.2. The van der Waals surface area contributed by atoms with E-state index >= 15 is 0 Å². The van der Waals surface area contributed by atoms with Crippen LogP contribution in [0.25, 0.3) is 5.76 Å². The molecule has 100 valence electrons. The average Bonchev–Trinajstić information content (AvgIpc) is 2.70. The molecule has 1 aromatic carbocycles. The third-order valence-electron chi connectivity index (χ3n) is 3.54. The van der Waals surface area contributed by atoms with E-state index in [-0.39, 0.29) is 11.4 Å². The molecule has 1 heterocycles. The first-order valence-electron chi connectivity index (χ1n) is 6.68. The third kappa shape index (κ3) is 2.14. The summed E-state index contributed by atoms with van der Waals surface area (Å²) in [6, 6.07) is 8.15. The van der Waals surface area contributed by atoms with Gasteiger partial charge in [-0.25, -0.2) is 0 Å². The smallest absolute Gasteiger partial charge is 0.185 e. The lowest BCUT2D eigenvalue weighted by atomic mass is 9.95. The van der Waals surface area contributed by atoms with Crippen molar-refractivity contribution < 1.29 is 9.53 Å². The van der Waals surface area contributed by atoms with Gasteiger partial charge in [-0.15, -0.1) is 0 Å². The average molecular weight is 264 g/mol. The molecule has 1 aliphatic carbocycles. The summed E-state index contributed by atoms with van der Waals surface area (Å²) in [7, 11) is 0. The Bertz CT molecular complexity index is 685. The Morgan fingerprint density at radius 2 is 1.80 bits per heavy atom. The quantitative estimate of drug-likeness (QED) is 0.719. The van der Waals surface area contributed by atoms with Crippen molar-refractivity contribution in [2.75, 3.05) is 0 Å². The molecule has 0 bridgehead atoms. The molecule has 3 rings (SSSR count). The van der Waals surface area contributed by atoms with Gasteiger partial charge in [0.1, 0.15) is 11.4 Å². The number of ether oxygens (including phenoxy) is 1. The number of rotatable bonds is 1. The highest BCUT2D eigenvalue weighted by molar-refractivity contribution is 6.07. The van der Waals surface area contributed by atoms with Crippen LogP contribution in [0.15, 0.2) is 66.3 Å². The molecule has 0 radical (unpaired) electrons. The van der Waals surface area contributed by atoms with E-state index in [0.29, 0.717) is 5.57 Å². The second kappa shape index (κ2) is 4.64. The van der Waals surface area contributed by atoms with Crippen LogP contribution in [0.3, 0.4) is 0 Å². The lowest BCUT2D eigenvalue weighted by Gasteiger charge is -2.18. The van der Waals surface area contributed by atoms with Gasteiger partial charge in [0, 0.05) is 16.7 Å². The number of benzene rings is 1. The molecule has 0 spiro atoms. The molecule has 0 N–H and O–H groups in total. The lowest BCUT2D eigenvalue weighted by Crippen LogP contribution is -2.14. The molecule has 0 saturated carbocycles. The van der Waals surface area contributed by atoms with Crippen LogP contribution < -0.4 is 0 Å². The van der Waals surface area contributed by atoms with Crippen molar-refractivity contribution in [3.05, 3.63) is 77.4 Å². The standard InChI is InChI=1S/C18H16O2/c1-18(2)15-9-5-4-8-14(15)17(20-18)12-11-13-7-3-6-10-16(13)19/h3-12H,1-2H3/b13-11-,17-12-. The largest absolute Gasteiger partial charge is 0.483 e. The minimum atomic E-state index is -0.326. The van der Waals surface area contributed by atoms with Gasteiger partial charge in [-0.3, -0.25) is 4.79 Å². The molecule has 0 amide bonds. The van der Waals surface area contributed by atoms with E-state index in [1.807, 2.05) is 56.4 Å². The van der Waals surface area contributed by atoms with Crippen LogP contribution >= 0.6 is 0 Å². The summed E-state index contributed by atoms with van der Waals surface area (Å²) in [5.41, 5.74) is 2.62. The number of carbonyl (C=O) groups is 1. The Hall–Kier alpha value is -2.35. The Labute approximate surface area is 118 Å². The number of hydrogen-bond acceptors (Lipinski definition) is 2. The van der Waals surface area contributed by atoms with E-state index in [4.69, 9.17) is 4.74 Å². The van der Waals surface area contributed by atoms with Crippen LogP contribution in [-0.4, -0.2) is 5.78 Å². The highest BCUT2D eigenvalue weighted by Gasteiger charge is 2.34. The monoisotopic (exact) mass is 264 g/mol. The summed E-state index contributed by atoms with van der Waals surface area (Å²) in [6.07, 6.45) is 10.7. The Balaban J connectivity index is 1.99. The molecule has 2 heteroatoms. The summed E-state index contributed by atoms with van der Waals surface area (Å²) >= 11 is 0. The number of carbonyl (C=O) groups excluding carboxylic acids is 1. The van der Waals surface area contributed by atoms with Crippen molar-refractivity contribution >= 4 is 11.5 Å². The minimum absolute atomic E-state index is 0.0230. The molecular formula is C18H16O2. The fourth-order valence-corrected chi connectivity index (χ4v) is 2.52. The van der Waals surface area contributed by atoms with Crippen LogP contribution in [0, 0.1) is 0 Å². The van der Waals surface area contributed by atoms with Gasteiger partial charge in [0.15, 0.2) is 5.78 Å². The van der Waals surface area contributed by atoms with Crippen LogP contribution in [0.4, 0.5) is 0 Å². The number of ketones is 1. The molecule has 0 saturated heterocycles. The SMILES string of the molecule is CC1(C)O/C(=C\C=C2\C=CC=CC2=O)c2ccccc21. The predicted octanol–water partition coefficient (Wildman–Crippen LogP) is 3.91. The van der Waals surface area contributed by atoms with Crippen molar-refractivity contribution in [2.45, 2.75) is 19.4 Å². The van der Waals surface area contributed by atoms with E-state index in [1.54, 1.807) is 12.2 Å². The first-order chi connectivity index (χ1) is 9.58. The maximum absolute atomic E-state index is 11.7. The van der Waals surface area contributed by atoms with Gasteiger partial charge in [-0.05, 0) is 32.1 Å². The van der Waals surface area contributed by atoms with E-state index < -0.39 is 0 Å². The first-order valence-corrected chi connectivity index (χ1v) is 6.68. The van der Waals surface area contributed by atoms with E-state index in [0.717, 1.165) is 11.3 Å². The van der Waals surface area contributed by atoms with Crippen molar-refractivity contribution in [3.8, 4) is 0 Å². The van der Waals surface area contributed by atoms with Crippen LogP contribution in [0.2, 0.25) is 0 Å². The second-order valence-corrected chi connectivity index (χ2v) is 5.39. The summed E-state index contributed by atoms with van der Waals surface area (Å²) in [4.78, 5) is 11.7. The molecule has 2 nitrogen and oxygen atoms in total. The predicted molar refractivity (Wildman–Crippen MR) is 79.9 cm³/mol. The maximum atomic E-state index is 11.7. The van der Waals surface area contributed by atoms with Gasteiger partial charge < -0.3 is 4.74 Å². The van der Waals surface area contributed by atoms with E-state index in [1.165, 1.54) is 5.56 Å².